The summed E-state index contributed by atoms with van der Waals surface area (Å²) in [4.78, 5) is 12.3. The Labute approximate surface area is 152 Å². The largest absolute Gasteiger partial charge is 0.507 e. The third-order valence-electron chi connectivity index (χ3n) is 4.93. The van der Waals surface area contributed by atoms with Gasteiger partial charge in [0.25, 0.3) is 5.56 Å². The van der Waals surface area contributed by atoms with E-state index in [0.29, 0.717) is 19.6 Å². The third-order valence-corrected chi connectivity index (χ3v) is 4.93. The second-order valence-corrected chi connectivity index (χ2v) is 6.54. The first kappa shape index (κ1) is 16.5. The Morgan fingerprint density at radius 3 is 2.69 bits per heavy atom. The van der Waals surface area contributed by atoms with Gasteiger partial charge in [-0.3, -0.25) is 4.79 Å². The highest BCUT2D eigenvalue weighted by molar-refractivity contribution is 5.72. The Kier molecular flexibility index (Phi) is 4.25. The lowest BCUT2D eigenvalue weighted by Gasteiger charge is -2.25. The van der Waals surface area contributed by atoms with Crippen LogP contribution in [0, 0.1) is 0 Å². The van der Waals surface area contributed by atoms with Crippen LogP contribution in [0.4, 0.5) is 0 Å². The quantitative estimate of drug-likeness (QED) is 0.778. The Morgan fingerprint density at radius 2 is 1.92 bits per heavy atom. The fourth-order valence-electron chi connectivity index (χ4n) is 3.63. The molecule has 0 unspecified atom stereocenters. The van der Waals surface area contributed by atoms with Crippen LogP contribution in [0.2, 0.25) is 0 Å². The molecule has 0 amide bonds. The van der Waals surface area contributed by atoms with E-state index >= 15 is 0 Å². The SMILES string of the molecule is CCc1c(O)cc(=O)n2c1-c1ccc(OCc3ccccc3)cc1CC2. The van der Waals surface area contributed by atoms with Crippen molar-refractivity contribution in [3.63, 3.8) is 0 Å². The topological polar surface area (TPSA) is 51.5 Å². The van der Waals surface area contributed by atoms with Gasteiger partial charge in [0.1, 0.15) is 18.1 Å². The molecule has 1 aromatic heterocycles. The molecule has 4 nitrogen and oxygen atoms in total. The van der Waals surface area contributed by atoms with Crippen LogP contribution < -0.4 is 10.3 Å². The summed E-state index contributed by atoms with van der Waals surface area (Å²) in [6.45, 7) is 3.14. The summed E-state index contributed by atoms with van der Waals surface area (Å²) in [6.07, 6.45) is 1.45. The van der Waals surface area contributed by atoms with Gasteiger partial charge in [-0.1, -0.05) is 37.3 Å². The first-order valence-electron chi connectivity index (χ1n) is 8.93. The molecule has 0 spiro atoms. The van der Waals surface area contributed by atoms with Crippen LogP contribution in [-0.4, -0.2) is 9.67 Å². The zero-order chi connectivity index (χ0) is 18.1. The summed E-state index contributed by atoms with van der Waals surface area (Å²) in [5.41, 5.74) is 4.80. The highest BCUT2D eigenvalue weighted by Crippen LogP contribution is 2.36. The molecular weight excluding hydrogens is 326 g/mol. The number of benzene rings is 2. The van der Waals surface area contributed by atoms with Gasteiger partial charge in [-0.25, -0.2) is 0 Å². The van der Waals surface area contributed by atoms with Gasteiger partial charge < -0.3 is 14.4 Å². The van der Waals surface area contributed by atoms with Crippen molar-refractivity contribution in [3.05, 3.63) is 81.6 Å². The molecule has 132 valence electrons. The van der Waals surface area contributed by atoms with Gasteiger partial charge in [0, 0.05) is 23.7 Å². The highest BCUT2D eigenvalue weighted by Gasteiger charge is 2.22. The molecule has 26 heavy (non-hydrogen) atoms. The second-order valence-electron chi connectivity index (χ2n) is 6.54. The van der Waals surface area contributed by atoms with E-state index in [-0.39, 0.29) is 11.3 Å². The summed E-state index contributed by atoms with van der Waals surface area (Å²) in [7, 11) is 0. The monoisotopic (exact) mass is 347 g/mol. The zero-order valence-electron chi connectivity index (χ0n) is 14.7. The lowest BCUT2D eigenvalue weighted by atomic mass is 9.93. The van der Waals surface area contributed by atoms with E-state index in [0.717, 1.165) is 40.1 Å². The molecule has 0 aliphatic carbocycles. The van der Waals surface area contributed by atoms with Crippen molar-refractivity contribution in [3.8, 4) is 22.8 Å². The molecule has 4 heteroatoms. The second kappa shape index (κ2) is 6.71. The number of nitrogens with zero attached hydrogens (tertiary/aromatic N) is 1. The summed E-state index contributed by atoms with van der Waals surface area (Å²) in [6, 6.07) is 17.4. The minimum Gasteiger partial charge on any atom is -0.507 e. The summed E-state index contributed by atoms with van der Waals surface area (Å²) >= 11 is 0. The van der Waals surface area contributed by atoms with Crippen molar-refractivity contribution in [2.45, 2.75) is 32.9 Å². The molecule has 1 aliphatic heterocycles. The number of fused-ring (bicyclic) bond motifs is 3. The molecular formula is C22H21NO3. The predicted molar refractivity (Wildman–Crippen MR) is 102 cm³/mol. The highest BCUT2D eigenvalue weighted by atomic mass is 16.5. The molecule has 0 radical (unpaired) electrons. The van der Waals surface area contributed by atoms with Crippen LogP contribution in [0.5, 0.6) is 11.5 Å². The summed E-state index contributed by atoms with van der Waals surface area (Å²) in [5, 5.41) is 10.2. The van der Waals surface area contributed by atoms with Gasteiger partial charge in [-0.15, -0.1) is 0 Å². The van der Waals surface area contributed by atoms with E-state index in [4.69, 9.17) is 4.74 Å². The molecule has 1 N–H and O–H groups in total. The van der Waals surface area contributed by atoms with Crippen molar-refractivity contribution in [1.82, 2.24) is 4.57 Å². The Hall–Kier alpha value is -3.01. The first-order chi connectivity index (χ1) is 12.7. The predicted octanol–water partition coefficient (Wildman–Crippen LogP) is 3.92. The van der Waals surface area contributed by atoms with E-state index in [1.54, 1.807) is 4.57 Å². The minimum atomic E-state index is -0.148. The van der Waals surface area contributed by atoms with Crippen LogP contribution >= 0.6 is 0 Å². The minimum absolute atomic E-state index is 0.0843. The Bertz CT molecular complexity index is 1010. The Balaban J connectivity index is 1.69. The van der Waals surface area contributed by atoms with Crippen LogP contribution in [0.3, 0.4) is 0 Å². The van der Waals surface area contributed by atoms with Crippen molar-refractivity contribution < 1.29 is 9.84 Å². The third kappa shape index (κ3) is 2.88. The molecule has 2 heterocycles. The van der Waals surface area contributed by atoms with Crippen molar-refractivity contribution in [2.24, 2.45) is 0 Å². The van der Waals surface area contributed by atoms with Gasteiger partial charge in [0.15, 0.2) is 0 Å². The normalized spacial score (nSPS) is 12.3. The number of hydrogen-bond donors (Lipinski definition) is 1. The van der Waals surface area contributed by atoms with Crippen molar-refractivity contribution in [2.75, 3.05) is 0 Å². The molecule has 0 atom stereocenters. The molecule has 0 bridgehead atoms. The average molecular weight is 347 g/mol. The maximum atomic E-state index is 12.3. The van der Waals surface area contributed by atoms with E-state index in [2.05, 4.69) is 6.07 Å². The van der Waals surface area contributed by atoms with E-state index in [1.807, 2.05) is 49.4 Å². The molecule has 1 aliphatic rings. The average Bonchev–Trinajstić information content (AvgIpc) is 2.67. The molecule has 4 rings (SSSR count). The number of pyridine rings is 1. The van der Waals surface area contributed by atoms with Crippen LogP contribution in [-0.2, 0) is 26.0 Å². The number of rotatable bonds is 4. The standard InChI is InChI=1S/C22H21NO3/c1-2-18-20(24)13-21(25)23-11-10-16-12-17(8-9-19(16)22(18)23)26-14-15-6-4-3-5-7-15/h3-9,12-13,24H,2,10-11,14H2,1H3. The molecule has 0 fully saturated rings. The van der Waals surface area contributed by atoms with Gasteiger partial charge in [-0.2, -0.15) is 0 Å². The molecule has 0 saturated carbocycles. The lowest BCUT2D eigenvalue weighted by molar-refractivity contribution is 0.306. The first-order valence-corrected chi connectivity index (χ1v) is 8.93. The van der Waals surface area contributed by atoms with Crippen molar-refractivity contribution >= 4 is 0 Å². The van der Waals surface area contributed by atoms with Gasteiger partial charge in [0.2, 0.25) is 0 Å². The van der Waals surface area contributed by atoms with Crippen molar-refractivity contribution in [1.29, 1.82) is 0 Å². The van der Waals surface area contributed by atoms with Gasteiger partial charge in [-0.05, 0) is 42.2 Å². The summed E-state index contributed by atoms with van der Waals surface area (Å²) in [5.74, 6) is 0.905. The molecule has 3 aromatic rings. The number of hydrogen-bond acceptors (Lipinski definition) is 3. The smallest absolute Gasteiger partial charge is 0.254 e. The maximum Gasteiger partial charge on any atom is 0.254 e. The van der Waals surface area contributed by atoms with Gasteiger partial charge in [0.05, 0.1) is 5.69 Å². The number of aryl methyl sites for hydroxylation is 1. The van der Waals surface area contributed by atoms with Gasteiger partial charge >= 0.3 is 0 Å². The maximum absolute atomic E-state index is 12.3. The number of aromatic hydroxyl groups is 1. The molecule has 2 aromatic carbocycles. The zero-order valence-corrected chi connectivity index (χ0v) is 14.7. The Morgan fingerprint density at radius 1 is 1.12 bits per heavy atom. The fraction of sp³-hybridized carbons (Fsp3) is 0.227. The van der Waals surface area contributed by atoms with Crippen LogP contribution in [0.15, 0.2) is 59.4 Å². The van der Waals surface area contributed by atoms with E-state index in [1.165, 1.54) is 6.07 Å². The fourth-order valence-corrected chi connectivity index (χ4v) is 3.63. The number of ether oxygens (including phenoxy) is 1. The summed E-state index contributed by atoms with van der Waals surface area (Å²) < 4.78 is 7.70. The van der Waals surface area contributed by atoms with E-state index < -0.39 is 0 Å². The molecule has 0 saturated heterocycles. The van der Waals surface area contributed by atoms with E-state index in [9.17, 15) is 9.90 Å². The van der Waals surface area contributed by atoms with Crippen LogP contribution in [0.1, 0.15) is 23.6 Å². The lowest BCUT2D eigenvalue weighted by Crippen LogP contribution is -2.26. The van der Waals surface area contributed by atoms with Crippen LogP contribution in [0.25, 0.3) is 11.3 Å². The number of aromatic nitrogens is 1.